The quantitative estimate of drug-likeness (QED) is 0.415. The number of alkyl halides is 1. The van der Waals surface area contributed by atoms with E-state index in [4.69, 9.17) is 4.74 Å². The molecule has 0 aliphatic heterocycles. The fraction of sp³-hybridized carbons (Fsp3) is 0.625. The van der Waals surface area contributed by atoms with Crippen molar-refractivity contribution in [3.8, 4) is 0 Å². The van der Waals surface area contributed by atoms with Crippen molar-refractivity contribution in [1.82, 2.24) is 0 Å². The van der Waals surface area contributed by atoms with E-state index < -0.39 is 0 Å². The highest BCUT2D eigenvalue weighted by atomic mass is 127. The van der Waals surface area contributed by atoms with Crippen LogP contribution < -0.4 is 0 Å². The van der Waals surface area contributed by atoms with Crippen molar-refractivity contribution in [2.24, 2.45) is 0 Å². The maximum atomic E-state index is 10.7. The second kappa shape index (κ2) is 4.60. The van der Waals surface area contributed by atoms with Crippen LogP contribution in [0.1, 0.15) is 19.8 Å². The van der Waals surface area contributed by atoms with Gasteiger partial charge in [-0.2, -0.15) is 0 Å². The third kappa shape index (κ3) is 2.73. The molecular weight excluding hydrogens is 335 g/mol. The van der Waals surface area contributed by atoms with Gasteiger partial charge in [-0.25, -0.2) is 0 Å². The highest BCUT2D eigenvalue weighted by molar-refractivity contribution is 14.1. The van der Waals surface area contributed by atoms with Crippen molar-refractivity contribution in [3.05, 3.63) is 9.66 Å². The van der Waals surface area contributed by atoms with Crippen molar-refractivity contribution in [1.29, 1.82) is 0 Å². The average molecular weight is 345 g/mol. The van der Waals surface area contributed by atoms with Crippen LogP contribution in [0.3, 0.4) is 0 Å². The summed E-state index contributed by atoms with van der Waals surface area (Å²) in [6.07, 6.45) is 4.10. The Labute approximate surface area is 94.0 Å². The van der Waals surface area contributed by atoms with Gasteiger partial charge in [0.2, 0.25) is 0 Å². The molecule has 1 aliphatic rings. The Hall–Kier alpha value is 0.420. The van der Waals surface area contributed by atoms with Crippen LogP contribution in [0.2, 0.25) is 0 Å². The molecule has 4 heteroatoms. The minimum Gasteiger partial charge on any atom is -0.461 e. The summed E-state index contributed by atoms with van der Waals surface area (Å²) < 4.78 is 6.37. The Morgan fingerprint density at radius 1 is 1.83 bits per heavy atom. The van der Waals surface area contributed by atoms with Crippen LogP contribution in [0.5, 0.6) is 0 Å². The van der Waals surface area contributed by atoms with Crippen LogP contribution in [0.25, 0.3) is 0 Å². The van der Waals surface area contributed by atoms with Gasteiger partial charge in [0.15, 0.2) is 0 Å². The first-order chi connectivity index (χ1) is 5.61. The average Bonchev–Trinajstić information content (AvgIpc) is 1.98. The molecule has 0 N–H and O–H groups in total. The molecule has 0 heterocycles. The monoisotopic (exact) mass is 344 g/mol. The second-order valence-corrected chi connectivity index (χ2v) is 4.95. The van der Waals surface area contributed by atoms with Gasteiger partial charge in [-0.1, -0.05) is 22.0 Å². The maximum absolute atomic E-state index is 10.7. The fourth-order valence-corrected chi connectivity index (χ4v) is 2.43. The molecule has 1 aliphatic carbocycles. The van der Waals surface area contributed by atoms with Crippen molar-refractivity contribution in [2.75, 3.05) is 0 Å². The van der Waals surface area contributed by atoms with E-state index in [0.29, 0.717) is 0 Å². The molecule has 68 valence electrons. The lowest BCUT2D eigenvalue weighted by atomic mass is 10.0. The number of hydrogen-bond donors (Lipinski definition) is 0. The summed E-state index contributed by atoms with van der Waals surface area (Å²) in [5, 5.41) is 0. The summed E-state index contributed by atoms with van der Waals surface area (Å²) in [6.45, 7) is 1.45. The first kappa shape index (κ1) is 10.5. The van der Waals surface area contributed by atoms with Crippen molar-refractivity contribution in [3.63, 3.8) is 0 Å². The Morgan fingerprint density at radius 3 is 3.08 bits per heavy atom. The van der Waals surface area contributed by atoms with E-state index in [0.717, 1.165) is 12.8 Å². The molecule has 0 bridgehead atoms. The molecule has 0 radical (unpaired) electrons. The topological polar surface area (TPSA) is 26.3 Å². The molecule has 0 aromatic rings. The number of hydrogen-bond acceptors (Lipinski definition) is 2. The molecule has 0 aromatic heterocycles. The van der Waals surface area contributed by atoms with E-state index in [2.05, 4.69) is 44.6 Å². The van der Waals surface area contributed by atoms with Crippen LogP contribution in [-0.2, 0) is 9.53 Å². The van der Waals surface area contributed by atoms with E-state index in [-0.39, 0.29) is 16.9 Å². The number of ether oxygens (including phenoxy) is 1. The van der Waals surface area contributed by atoms with Gasteiger partial charge in [0.25, 0.3) is 0 Å². The third-order valence-corrected chi connectivity index (χ3v) is 4.75. The SMILES string of the molecule is CC(=O)O[C@H]1CCC=C(I)[C@@H]1Br. The predicted octanol–water partition coefficient (Wildman–Crippen LogP) is 2.79. The summed E-state index contributed by atoms with van der Waals surface area (Å²) >= 11 is 5.76. The number of carbonyl (C=O) groups excluding carboxylic acids is 1. The largest absolute Gasteiger partial charge is 0.461 e. The third-order valence-electron chi connectivity index (χ3n) is 1.70. The van der Waals surface area contributed by atoms with Crippen molar-refractivity contribution in [2.45, 2.75) is 30.7 Å². The summed E-state index contributed by atoms with van der Waals surface area (Å²) in [6, 6.07) is 0. The molecule has 0 saturated carbocycles. The van der Waals surface area contributed by atoms with Gasteiger partial charge in [-0.05, 0) is 35.4 Å². The standard InChI is InChI=1S/C8H10BrIO2/c1-5(11)12-7-4-2-3-6(10)8(7)9/h3,7-8H,2,4H2,1H3/t7-,8-/m0/s1. The summed E-state index contributed by atoms with van der Waals surface area (Å²) in [5.41, 5.74) is 0. The molecule has 0 fully saturated rings. The van der Waals surface area contributed by atoms with E-state index in [1.165, 1.54) is 10.5 Å². The molecule has 0 aromatic carbocycles. The lowest BCUT2D eigenvalue weighted by molar-refractivity contribution is -0.146. The zero-order chi connectivity index (χ0) is 9.14. The molecular formula is C8H10BrIO2. The van der Waals surface area contributed by atoms with Gasteiger partial charge in [0.1, 0.15) is 6.10 Å². The van der Waals surface area contributed by atoms with E-state index in [1.54, 1.807) is 0 Å². The van der Waals surface area contributed by atoms with Gasteiger partial charge in [0.05, 0.1) is 4.83 Å². The Bertz CT molecular complexity index is 215. The molecule has 2 nitrogen and oxygen atoms in total. The van der Waals surface area contributed by atoms with Crippen LogP contribution in [-0.4, -0.2) is 16.9 Å². The maximum Gasteiger partial charge on any atom is 0.302 e. The van der Waals surface area contributed by atoms with Gasteiger partial charge in [-0.3, -0.25) is 4.79 Å². The Kier molecular flexibility index (Phi) is 4.02. The number of carbonyl (C=O) groups is 1. The van der Waals surface area contributed by atoms with Crippen LogP contribution in [0, 0.1) is 0 Å². The molecule has 0 spiro atoms. The number of esters is 1. The first-order valence-corrected chi connectivity index (χ1v) is 5.77. The lowest BCUT2D eigenvalue weighted by Crippen LogP contribution is -2.28. The number of halogens is 2. The molecule has 2 atom stereocenters. The Balaban J connectivity index is 2.56. The predicted molar refractivity (Wildman–Crippen MR) is 59.6 cm³/mol. The van der Waals surface area contributed by atoms with Gasteiger partial charge >= 0.3 is 5.97 Å². The van der Waals surface area contributed by atoms with Gasteiger partial charge in [0, 0.05) is 10.5 Å². The highest BCUT2D eigenvalue weighted by Crippen LogP contribution is 2.31. The van der Waals surface area contributed by atoms with Crippen molar-refractivity contribution < 1.29 is 9.53 Å². The van der Waals surface area contributed by atoms with E-state index in [9.17, 15) is 4.79 Å². The molecule has 1 rings (SSSR count). The normalized spacial score (nSPS) is 29.4. The smallest absolute Gasteiger partial charge is 0.302 e. The van der Waals surface area contributed by atoms with E-state index in [1.807, 2.05) is 0 Å². The molecule has 0 saturated heterocycles. The number of allylic oxidation sites excluding steroid dienone is 1. The lowest BCUT2D eigenvalue weighted by Gasteiger charge is -2.25. The van der Waals surface area contributed by atoms with Crippen LogP contribution in [0.15, 0.2) is 9.66 Å². The second-order valence-electron chi connectivity index (χ2n) is 2.72. The first-order valence-electron chi connectivity index (χ1n) is 3.78. The Morgan fingerprint density at radius 2 is 2.50 bits per heavy atom. The summed E-state index contributed by atoms with van der Waals surface area (Å²) in [4.78, 5) is 10.9. The van der Waals surface area contributed by atoms with Crippen LogP contribution in [0.4, 0.5) is 0 Å². The van der Waals surface area contributed by atoms with Crippen LogP contribution >= 0.6 is 38.5 Å². The summed E-state index contributed by atoms with van der Waals surface area (Å²) in [7, 11) is 0. The van der Waals surface area contributed by atoms with Gasteiger partial charge < -0.3 is 4.74 Å². The van der Waals surface area contributed by atoms with Crippen molar-refractivity contribution >= 4 is 44.5 Å². The zero-order valence-electron chi connectivity index (χ0n) is 6.72. The molecule has 12 heavy (non-hydrogen) atoms. The summed E-state index contributed by atoms with van der Waals surface area (Å²) in [5.74, 6) is -0.199. The van der Waals surface area contributed by atoms with Gasteiger partial charge in [-0.15, -0.1) is 0 Å². The minimum absolute atomic E-state index is 0.0133. The van der Waals surface area contributed by atoms with E-state index >= 15 is 0 Å². The minimum atomic E-state index is -0.199. The zero-order valence-corrected chi connectivity index (χ0v) is 10.5. The fourth-order valence-electron chi connectivity index (χ4n) is 1.15. The molecule has 0 unspecified atom stereocenters. The number of rotatable bonds is 1. The molecule has 0 amide bonds. The highest BCUT2D eigenvalue weighted by Gasteiger charge is 2.26.